The van der Waals surface area contributed by atoms with Crippen molar-refractivity contribution in [3.63, 3.8) is 0 Å². The highest BCUT2D eigenvalue weighted by atomic mass is 79.9. The summed E-state index contributed by atoms with van der Waals surface area (Å²) in [7, 11) is 0. The molecule has 27 heavy (non-hydrogen) atoms. The summed E-state index contributed by atoms with van der Waals surface area (Å²) in [5, 5.41) is 12.4. The number of rotatable bonds is 2. The van der Waals surface area contributed by atoms with E-state index in [1.807, 2.05) is 25.7 Å². The van der Waals surface area contributed by atoms with Crippen molar-refractivity contribution in [2.24, 2.45) is 0 Å². The second-order valence-electron chi connectivity index (χ2n) is 7.88. The fraction of sp³-hybridized carbons (Fsp3) is 0.765. The van der Waals surface area contributed by atoms with Gasteiger partial charge in [0, 0.05) is 38.6 Å². The van der Waals surface area contributed by atoms with Crippen molar-refractivity contribution in [2.45, 2.75) is 51.2 Å². The number of aromatic nitrogens is 2. The summed E-state index contributed by atoms with van der Waals surface area (Å²) in [6.07, 6.45) is 0.864. The van der Waals surface area contributed by atoms with Crippen LogP contribution in [-0.4, -0.2) is 76.4 Å². The lowest BCUT2D eigenvalue weighted by atomic mass is 9.90. The highest BCUT2D eigenvalue weighted by Gasteiger charge is 2.41. The van der Waals surface area contributed by atoms with E-state index in [0.29, 0.717) is 26.1 Å². The van der Waals surface area contributed by atoms with E-state index in [4.69, 9.17) is 4.74 Å². The Hall–Kier alpha value is -1.26. The Balaban J connectivity index is 1.79. The molecule has 2 atom stereocenters. The van der Waals surface area contributed by atoms with Crippen LogP contribution in [0.25, 0.3) is 0 Å². The molecule has 10 heteroatoms. The van der Waals surface area contributed by atoms with Gasteiger partial charge in [0.1, 0.15) is 16.7 Å². The average molecular weight is 460 g/mol. The quantitative estimate of drug-likeness (QED) is 0.729. The number of halogens is 1. The third-order valence-electron chi connectivity index (χ3n) is 4.71. The van der Waals surface area contributed by atoms with Gasteiger partial charge in [-0.25, -0.2) is 4.79 Å². The molecule has 2 saturated heterocycles. The van der Waals surface area contributed by atoms with Gasteiger partial charge in [0.2, 0.25) is 5.91 Å². The van der Waals surface area contributed by atoms with E-state index >= 15 is 0 Å². The summed E-state index contributed by atoms with van der Waals surface area (Å²) in [6, 6.07) is -0.528. The minimum absolute atomic E-state index is 0.00404. The number of ether oxygens (including phenoxy) is 1. The summed E-state index contributed by atoms with van der Waals surface area (Å²) < 4.78 is 6.29. The molecule has 8 nitrogen and oxygen atoms in total. The highest BCUT2D eigenvalue weighted by Crippen LogP contribution is 2.35. The van der Waals surface area contributed by atoms with E-state index in [-0.39, 0.29) is 11.8 Å². The van der Waals surface area contributed by atoms with Gasteiger partial charge in [-0.2, -0.15) is 0 Å². The summed E-state index contributed by atoms with van der Waals surface area (Å²) in [4.78, 5) is 29.4. The van der Waals surface area contributed by atoms with E-state index in [2.05, 4.69) is 31.4 Å². The molecule has 150 valence electrons. The van der Waals surface area contributed by atoms with Crippen LogP contribution in [0.1, 0.15) is 44.5 Å². The van der Waals surface area contributed by atoms with E-state index in [9.17, 15) is 9.59 Å². The van der Waals surface area contributed by atoms with Crippen molar-refractivity contribution in [1.82, 2.24) is 25.3 Å². The fourth-order valence-electron chi connectivity index (χ4n) is 3.44. The summed E-state index contributed by atoms with van der Waals surface area (Å²) >= 11 is 4.84. The number of carbonyl (C=O) groups is 2. The normalized spacial score (nSPS) is 24.0. The van der Waals surface area contributed by atoms with Crippen LogP contribution in [0.2, 0.25) is 0 Å². The van der Waals surface area contributed by atoms with Crippen molar-refractivity contribution in [3.8, 4) is 0 Å². The van der Waals surface area contributed by atoms with Crippen LogP contribution in [0.3, 0.4) is 0 Å². The van der Waals surface area contributed by atoms with Crippen molar-refractivity contribution in [2.75, 3.05) is 32.7 Å². The van der Waals surface area contributed by atoms with Gasteiger partial charge in [-0.15, -0.1) is 10.2 Å². The zero-order valence-electron chi connectivity index (χ0n) is 15.9. The lowest BCUT2D eigenvalue weighted by Gasteiger charge is -2.41. The zero-order valence-corrected chi connectivity index (χ0v) is 18.3. The second kappa shape index (κ2) is 8.40. The van der Waals surface area contributed by atoms with Crippen molar-refractivity contribution in [3.05, 3.63) is 8.92 Å². The van der Waals surface area contributed by atoms with Gasteiger partial charge in [-0.05, 0) is 49.5 Å². The average Bonchev–Trinajstić information content (AvgIpc) is 3.06. The molecule has 0 bridgehead atoms. The molecule has 1 aromatic heterocycles. The predicted molar refractivity (Wildman–Crippen MR) is 106 cm³/mol. The molecule has 2 unspecified atom stereocenters. The molecule has 0 aliphatic carbocycles. The third kappa shape index (κ3) is 5.17. The lowest BCUT2D eigenvalue weighted by molar-refractivity contribution is -0.139. The van der Waals surface area contributed by atoms with E-state index in [1.54, 1.807) is 4.90 Å². The third-order valence-corrected chi connectivity index (χ3v) is 6.23. The van der Waals surface area contributed by atoms with Crippen LogP contribution in [-0.2, 0) is 9.53 Å². The highest BCUT2D eigenvalue weighted by molar-refractivity contribution is 9.11. The molecule has 3 rings (SSSR count). The summed E-state index contributed by atoms with van der Waals surface area (Å²) in [5.74, 6) is 0.111. The lowest BCUT2D eigenvalue weighted by Crippen LogP contribution is -2.58. The number of piperazine rings is 1. The number of hydrogen-bond acceptors (Lipinski definition) is 7. The van der Waals surface area contributed by atoms with Gasteiger partial charge in [0.25, 0.3) is 0 Å². The van der Waals surface area contributed by atoms with Crippen LogP contribution >= 0.6 is 27.3 Å². The summed E-state index contributed by atoms with van der Waals surface area (Å²) in [6.45, 7) is 8.85. The van der Waals surface area contributed by atoms with Gasteiger partial charge in [-0.1, -0.05) is 11.3 Å². The molecule has 0 aromatic carbocycles. The van der Waals surface area contributed by atoms with E-state index in [1.165, 1.54) is 11.3 Å². The minimum atomic E-state index is -0.597. The first kappa shape index (κ1) is 20.5. The smallest absolute Gasteiger partial charge is 0.410 e. The van der Waals surface area contributed by atoms with E-state index < -0.39 is 17.7 Å². The molecule has 1 N–H and O–H groups in total. The molecule has 2 aliphatic rings. The maximum atomic E-state index is 13.2. The Morgan fingerprint density at radius 3 is 2.52 bits per heavy atom. The monoisotopic (exact) mass is 459 g/mol. The first-order valence-corrected chi connectivity index (χ1v) is 10.8. The Bertz CT molecular complexity index is 686. The molecule has 0 saturated carbocycles. The second-order valence-corrected chi connectivity index (χ2v) is 10.2. The SMILES string of the molecule is CC(C)(C)OC(=O)N1CCC(c2nnc(Br)s2)CC1C(=O)N1CCNCC1. The Morgan fingerprint density at radius 2 is 1.93 bits per heavy atom. The molecular weight excluding hydrogens is 434 g/mol. The standard InChI is InChI=1S/C17H26BrN5O3S/c1-17(2,3)26-16(25)23-7-4-11(13-20-21-15(18)27-13)10-12(23)14(24)22-8-5-19-6-9-22/h11-12,19H,4-10H2,1-3H3. The molecule has 1 aromatic rings. The molecule has 3 heterocycles. The van der Waals surface area contributed by atoms with Gasteiger partial charge in [-0.3, -0.25) is 9.69 Å². The number of nitrogens with zero attached hydrogens (tertiary/aromatic N) is 4. The van der Waals surface area contributed by atoms with Crippen LogP contribution in [0.4, 0.5) is 4.79 Å². The largest absolute Gasteiger partial charge is 0.444 e. The van der Waals surface area contributed by atoms with Gasteiger partial charge >= 0.3 is 6.09 Å². The van der Waals surface area contributed by atoms with Gasteiger partial charge in [0.15, 0.2) is 3.92 Å². The first-order chi connectivity index (χ1) is 12.7. The number of carbonyl (C=O) groups excluding carboxylic acids is 2. The van der Waals surface area contributed by atoms with E-state index in [0.717, 1.165) is 28.4 Å². The molecule has 2 amide bonds. The Morgan fingerprint density at radius 1 is 1.22 bits per heavy atom. The van der Waals surface area contributed by atoms with Gasteiger partial charge < -0.3 is 15.0 Å². The fourth-order valence-corrected chi connectivity index (χ4v) is 4.73. The van der Waals surface area contributed by atoms with Crippen molar-refractivity contribution < 1.29 is 14.3 Å². The topological polar surface area (TPSA) is 87.7 Å². The van der Waals surface area contributed by atoms with Crippen LogP contribution in [0.5, 0.6) is 0 Å². The molecule has 0 radical (unpaired) electrons. The Labute approximate surface area is 171 Å². The molecule has 0 spiro atoms. The maximum absolute atomic E-state index is 13.2. The van der Waals surface area contributed by atoms with Crippen LogP contribution in [0, 0.1) is 0 Å². The Kier molecular flexibility index (Phi) is 6.37. The summed E-state index contributed by atoms with van der Waals surface area (Å²) in [5.41, 5.74) is -0.597. The zero-order chi connectivity index (χ0) is 19.6. The predicted octanol–water partition coefficient (Wildman–Crippen LogP) is 2.22. The van der Waals surface area contributed by atoms with Crippen molar-refractivity contribution in [1.29, 1.82) is 0 Å². The molecule has 2 fully saturated rings. The maximum Gasteiger partial charge on any atom is 0.410 e. The number of piperidine rings is 1. The molecular formula is C17H26BrN5O3S. The minimum Gasteiger partial charge on any atom is -0.444 e. The first-order valence-electron chi connectivity index (χ1n) is 9.22. The van der Waals surface area contributed by atoms with Crippen LogP contribution in [0.15, 0.2) is 3.92 Å². The number of nitrogens with one attached hydrogen (secondary N) is 1. The number of likely N-dealkylation sites (tertiary alicyclic amines) is 1. The number of hydrogen-bond donors (Lipinski definition) is 1. The van der Waals surface area contributed by atoms with Crippen molar-refractivity contribution >= 4 is 39.3 Å². The molecule has 2 aliphatic heterocycles. The van der Waals surface area contributed by atoms with Gasteiger partial charge in [0.05, 0.1) is 0 Å². The van der Waals surface area contributed by atoms with Crippen LogP contribution < -0.4 is 5.32 Å². The number of amides is 2.